The third-order valence-corrected chi connectivity index (χ3v) is 10.9. The molecule has 362 valence electrons. The summed E-state index contributed by atoms with van der Waals surface area (Å²) in [5.74, 6) is -1.15. The highest BCUT2D eigenvalue weighted by Gasteiger charge is 2.34. The summed E-state index contributed by atoms with van der Waals surface area (Å²) in [7, 11) is 0. The first-order valence-corrected chi connectivity index (χ1v) is 21.9. The number of amides is 2. The zero-order valence-electron chi connectivity index (χ0n) is 36.2. The molecule has 0 aliphatic heterocycles. The number of aliphatic imine (C=N–C) groups is 1. The van der Waals surface area contributed by atoms with Gasteiger partial charge >= 0.3 is 0 Å². The van der Waals surface area contributed by atoms with E-state index in [4.69, 9.17) is 39.0 Å². The number of nitrogens with one attached hydrogen (secondary N) is 2. The van der Waals surface area contributed by atoms with Crippen molar-refractivity contribution < 1.29 is 60.7 Å². The van der Waals surface area contributed by atoms with Crippen molar-refractivity contribution in [1.29, 1.82) is 0 Å². The van der Waals surface area contributed by atoms with Crippen molar-refractivity contribution in [3.8, 4) is 11.1 Å². The van der Waals surface area contributed by atoms with Crippen LogP contribution in [0.1, 0.15) is 66.6 Å². The van der Waals surface area contributed by atoms with E-state index in [-0.39, 0.29) is 60.4 Å². The van der Waals surface area contributed by atoms with Crippen LogP contribution in [0.5, 0.6) is 0 Å². The molecule has 0 saturated heterocycles. The van der Waals surface area contributed by atoms with Crippen LogP contribution in [0.4, 0.5) is 11.6 Å². The summed E-state index contributed by atoms with van der Waals surface area (Å²) in [6.45, 7) is -1.34. The molecule has 3 rings (SSSR count). The van der Waals surface area contributed by atoms with Crippen LogP contribution in [-0.2, 0) is 17.6 Å². The fraction of sp³-hybridized carbons (Fsp3) is 0.558. The van der Waals surface area contributed by atoms with E-state index in [1.807, 2.05) is 0 Å². The Labute approximate surface area is 382 Å². The Bertz CT molecular complexity index is 1890. The minimum atomic E-state index is -1.87. The Morgan fingerprint density at radius 3 is 1.69 bits per heavy atom. The molecule has 2 amide bonds. The van der Waals surface area contributed by atoms with Crippen LogP contribution in [0.3, 0.4) is 0 Å². The lowest BCUT2D eigenvalue weighted by Crippen LogP contribution is -2.53. The Balaban J connectivity index is 1.34. The van der Waals surface area contributed by atoms with E-state index in [9.17, 15) is 50.4 Å². The van der Waals surface area contributed by atoms with Gasteiger partial charge in [0.15, 0.2) is 28.4 Å². The summed E-state index contributed by atoms with van der Waals surface area (Å²) in [5, 5.41) is 104. The molecule has 1 heterocycles. The number of hydrogen-bond donors (Lipinski definition) is 15. The number of nitrogens with two attached hydrogens (primary N) is 3. The van der Waals surface area contributed by atoms with Crippen molar-refractivity contribution in [1.82, 2.24) is 25.5 Å². The number of anilines is 2. The third kappa shape index (κ3) is 18.7. The number of aliphatic hydroxyl groups is 10. The summed E-state index contributed by atoms with van der Waals surface area (Å²) in [5.41, 5.74) is 21.3. The number of aromatic nitrogens is 2. The second kappa shape index (κ2) is 28.4. The van der Waals surface area contributed by atoms with Gasteiger partial charge in [0.2, 0.25) is 5.91 Å². The molecule has 8 atom stereocenters. The minimum Gasteiger partial charge on any atom is -0.394 e. The van der Waals surface area contributed by atoms with Gasteiger partial charge in [-0.3, -0.25) is 24.8 Å². The minimum absolute atomic E-state index is 0.0772. The molecule has 65 heavy (non-hydrogen) atoms. The van der Waals surface area contributed by atoms with Crippen LogP contribution in [0.15, 0.2) is 53.5 Å². The Morgan fingerprint density at radius 2 is 1.17 bits per heavy atom. The second-order valence-electron chi connectivity index (χ2n) is 15.8. The number of guanidine groups is 1. The molecular formula is C43H66ClN9O12. The molecular weight excluding hydrogens is 870 g/mol. The van der Waals surface area contributed by atoms with Gasteiger partial charge in [-0.2, -0.15) is 0 Å². The number of halogens is 1. The topological polar surface area (TPSA) is 380 Å². The van der Waals surface area contributed by atoms with Gasteiger partial charge < -0.3 is 73.6 Å². The molecule has 0 radical (unpaired) electrons. The van der Waals surface area contributed by atoms with Gasteiger partial charge in [0.05, 0.1) is 25.4 Å². The normalized spacial score (nSPS) is 15.7. The smallest absolute Gasteiger partial charge is 0.280 e. The summed E-state index contributed by atoms with van der Waals surface area (Å²) in [4.78, 5) is 38.1. The van der Waals surface area contributed by atoms with E-state index in [2.05, 4.69) is 74.1 Å². The molecule has 0 unspecified atom stereocenters. The molecule has 1 aromatic heterocycles. The second-order valence-corrected chi connectivity index (χ2v) is 16.2. The third-order valence-electron chi connectivity index (χ3n) is 10.6. The molecule has 0 bridgehead atoms. The molecule has 22 heteroatoms. The molecule has 0 aliphatic rings. The van der Waals surface area contributed by atoms with Crippen LogP contribution in [0, 0.1) is 0 Å². The lowest BCUT2D eigenvalue weighted by Gasteiger charge is -2.33. The number of nitrogens with zero attached hydrogens (tertiary/aromatic N) is 4. The quantitative estimate of drug-likeness (QED) is 0.0200. The molecule has 21 nitrogen and oxygen atoms in total. The van der Waals surface area contributed by atoms with Crippen LogP contribution in [-0.4, -0.2) is 178 Å². The predicted molar refractivity (Wildman–Crippen MR) is 243 cm³/mol. The monoisotopic (exact) mass is 935 g/mol. The maximum absolute atomic E-state index is 12.5. The van der Waals surface area contributed by atoms with Crippen molar-refractivity contribution in [2.45, 2.75) is 107 Å². The SMILES string of the molecule is NC(=NCCCCc1ccc(-c2ccc(CCCNC(=O)CCCCCN(C[C@H](O)[C@@H](O)[C@H](O)[C@H](O)CO)C[C@H](O)[C@@H](O)[C@H](O)[C@H](O)CO)cc2)cc1)NC(=O)c1nc(Cl)c(N)nc1N. The van der Waals surface area contributed by atoms with Crippen molar-refractivity contribution in [3.63, 3.8) is 0 Å². The standard InChI is InChI=1S/C43H66ClN9O12/c44-39-41(46)51-40(45)34(50-39)42(65)52-43(47)49-18-4-3-7-25-10-14-27(15-11-25)28-16-12-26(13-17-28)8-6-19-48-33(60)9-2-1-5-20-53(21-29(56)35(61)37(63)31(58)23-54)22-30(57)36(62)38(64)32(59)24-55/h10-17,29-32,35-38,54-59,61-64H,1-9,18-24H2,(H,48,60)(H4,45,46,51)(H3,47,49,52,65)/t29-,30-,31+,32+,35+,36+,37+,38+/m0/s1. The van der Waals surface area contributed by atoms with Gasteiger partial charge in [-0.1, -0.05) is 66.6 Å². The first-order chi connectivity index (χ1) is 30.9. The van der Waals surface area contributed by atoms with Gasteiger partial charge in [-0.25, -0.2) is 9.97 Å². The average Bonchev–Trinajstić information content (AvgIpc) is 3.29. The highest BCUT2D eigenvalue weighted by atomic mass is 35.5. The molecule has 0 aliphatic carbocycles. The fourth-order valence-corrected chi connectivity index (χ4v) is 6.85. The number of carbonyl (C=O) groups is 2. The number of carbonyl (C=O) groups excluding carboxylic acids is 2. The van der Waals surface area contributed by atoms with E-state index in [1.54, 1.807) is 0 Å². The average molecular weight is 937 g/mol. The van der Waals surface area contributed by atoms with E-state index in [0.29, 0.717) is 32.4 Å². The maximum atomic E-state index is 12.5. The van der Waals surface area contributed by atoms with Crippen molar-refractivity contribution >= 4 is 41.0 Å². The van der Waals surface area contributed by atoms with Crippen LogP contribution in [0.25, 0.3) is 11.1 Å². The summed E-state index contributed by atoms with van der Waals surface area (Å²) >= 11 is 5.83. The lowest BCUT2D eigenvalue weighted by atomic mass is 9.99. The Morgan fingerprint density at radius 1 is 0.662 bits per heavy atom. The summed E-state index contributed by atoms with van der Waals surface area (Å²) in [6, 6.07) is 16.6. The van der Waals surface area contributed by atoms with Crippen LogP contribution >= 0.6 is 11.6 Å². The van der Waals surface area contributed by atoms with Crippen molar-refractivity contribution in [2.24, 2.45) is 10.7 Å². The first-order valence-electron chi connectivity index (χ1n) is 21.5. The zero-order chi connectivity index (χ0) is 48.1. The van der Waals surface area contributed by atoms with Crippen molar-refractivity contribution in [3.05, 3.63) is 70.5 Å². The number of hydrogen-bond acceptors (Lipinski definition) is 18. The Hall–Kier alpha value is -4.62. The van der Waals surface area contributed by atoms with E-state index in [0.717, 1.165) is 48.8 Å². The largest absolute Gasteiger partial charge is 0.394 e. The molecule has 0 fully saturated rings. The van der Waals surface area contributed by atoms with Crippen LogP contribution < -0.4 is 27.8 Å². The predicted octanol–water partition coefficient (Wildman–Crippen LogP) is -2.19. The number of benzene rings is 2. The Kier molecular flexibility index (Phi) is 23.9. The van der Waals surface area contributed by atoms with E-state index in [1.165, 1.54) is 10.5 Å². The number of unbranched alkanes of at least 4 members (excludes halogenated alkanes) is 3. The molecule has 0 spiro atoms. The highest BCUT2D eigenvalue weighted by molar-refractivity contribution is 6.31. The number of aryl methyl sites for hydroxylation is 2. The van der Waals surface area contributed by atoms with Crippen LogP contribution in [0.2, 0.25) is 5.15 Å². The van der Waals surface area contributed by atoms with Crippen molar-refractivity contribution in [2.75, 3.05) is 57.4 Å². The van der Waals surface area contributed by atoms with Gasteiger partial charge in [-0.05, 0) is 73.7 Å². The van der Waals surface area contributed by atoms with Gasteiger partial charge in [0, 0.05) is 32.6 Å². The number of aliphatic hydroxyl groups excluding tert-OH is 10. The summed E-state index contributed by atoms with van der Waals surface area (Å²) < 4.78 is 0. The molecule has 18 N–H and O–H groups in total. The zero-order valence-corrected chi connectivity index (χ0v) is 37.0. The maximum Gasteiger partial charge on any atom is 0.280 e. The molecule has 0 saturated carbocycles. The summed E-state index contributed by atoms with van der Waals surface area (Å²) in [6.07, 6.45) is -8.49. The van der Waals surface area contributed by atoms with Gasteiger partial charge in [0.1, 0.15) is 36.6 Å². The first kappa shape index (κ1) is 54.7. The van der Waals surface area contributed by atoms with E-state index < -0.39 is 68.0 Å². The van der Waals surface area contributed by atoms with Gasteiger partial charge in [0.25, 0.3) is 5.91 Å². The molecule has 2 aromatic carbocycles. The lowest BCUT2D eigenvalue weighted by molar-refractivity contribution is -0.130. The number of rotatable bonds is 29. The van der Waals surface area contributed by atoms with E-state index >= 15 is 0 Å². The molecule has 3 aromatic rings. The van der Waals surface area contributed by atoms with Gasteiger partial charge in [-0.15, -0.1) is 0 Å². The number of nitrogen functional groups attached to an aromatic ring is 2. The fourth-order valence-electron chi connectivity index (χ4n) is 6.73. The highest BCUT2D eigenvalue weighted by Crippen LogP contribution is 2.22.